The van der Waals surface area contributed by atoms with Crippen LogP contribution in [0.25, 0.3) is 5.78 Å². The SMILES string of the molecule is CSc1nc2nc(C)c(CC(=O)N3CC(n4cc(C(C)(C)O)nn4)C3)c(C)n2n1. The van der Waals surface area contributed by atoms with Crippen molar-refractivity contribution < 1.29 is 9.90 Å². The van der Waals surface area contributed by atoms with Crippen molar-refractivity contribution in [1.29, 1.82) is 0 Å². The van der Waals surface area contributed by atoms with Crippen molar-refractivity contribution in [1.82, 2.24) is 39.5 Å². The van der Waals surface area contributed by atoms with E-state index in [4.69, 9.17) is 0 Å². The number of hydrogen-bond acceptors (Lipinski definition) is 8. The van der Waals surface area contributed by atoms with Gasteiger partial charge in [0.05, 0.1) is 18.7 Å². The summed E-state index contributed by atoms with van der Waals surface area (Å²) in [5, 5.41) is 23.2. The Labute approximate surface area is 172 Å². The number of rotatable bonds is 5. The van der Waals surface area contributed by atoms with E-state index in [2.05, 4.69) is 25.4 Å². The van der Waals surface area contributed by atoms with Crippen molar-refractivity contribution in [3.05, 3.63) is 28.8 Å². The lowest BCUT2D eigenvalue weighted by atomic mass is 10.0. The molecule has 0 radical (unpaired) electrons. The summed E-state index contributed by atoms with van der Waals surface area (Å²) in [6.45, 7) is 8.32. The van der Waals surface area contributed by atoms with Gasteiger partial charge in [0.2, 0.25) is 11.1 Å². The fourth-order valence-electron chi connectivity index (χ4n) is 3.36. The Hall–Kier alpha value is -2.53. The Morgan fingerprint density at radius 1 is 1.31 bits per heavy atom. The van der Waals surface area contributed by atoms with Gasteiger partial charge < -0.3 is 10.0 Å². The van der Waals surface area contributed by atoms with Crippen LogP contribution < -0.4 is 0 Å². The van der Waals surface area contributed by atoms with Gasteiger partial charge in [0, 0.05) is 30.0 Å². The number of likely N-dealkylation sites (tertiary alicyclic amines) is 1. The van der Waals surface area contributed by atoms with Crippen molar-refractivity contribution in [3.63, 3.8) is 0 Å². The molecule has 29 heavy (non-hydrogen) atoms. The van der Waals surface area contributed by atoms with Crippen molar-refractivity contribution in [2.24, 2.45) is 0 Å². The van der Waals surface area contributed by atoms with Crippen LogP contribution in [0.4, 0.5) is 0 Å². The van der Waals surface area contributed by atoms with Crippen LogP contribution in [-0.2, 0) is 16.8 Å². The van der Waals surface area contributed by atoms with Crippen LogP contribution in [0, 0.1) is 13.8 Å². The van der Waals surface area contributed by atoms with E-state index in [1.807, 2.05) is 20.1 Å². The standard InChI is InChI=1S/C18H24N8O2S/c1-10-13(11(2)26-16(19-10)20-17(22-26)29-5)6-15(27)24-7-12(8-24)25-9-14(21-23-25)18(3,4)28/h9,12,28H,6-8H2,1-5H3. The average molecular weight is 417 g/mol. The molecule has 4 heterocycles. The zero-order valence-corrected chi connectivity index (χ0v) is 17.9. The summed E-state index contributed by atoms with van der Waals surface area (Å²) >= 11 is 1.46. The second-order valence-corrected chi connectivity index (χ2v) is 8.62. The molecule has 0 aromatic carbocycles. The predicted octanol–water partition coefficient (Wildman–Crippen LogP) is 0.908. The zero-order chi connectivity index (χ0) is 20.9. The van der Waals surface area contributed by atoms with E-state index in [9.17, 15) is 9.90 Å². The molecule has 0 bridgehead atoms. The molecule has 0 saturated carbocycles. The topological polar surface area (TPSA) is 114 Å². The lowest BCUT2D eigenvalue weighted by Crippen LogP contribution is -2.51. The van der Waals surface area contributed by atoms with Gasteiger partial charge in [-0.1, -0.05) is 17.0 Å². The average Bonchev–Trinajstić information content (AvgIpc) is 3.24. The number of thioether (sulfide) groups is 1. The first-order valence-electron chi connectivity index (χ1n) is 9.36. The summed E-state index contributed by atoms with van der Waals surface area (Å²) in [6, 6.07) is 0.0739. The maximum absolute atomic E-state index is 12.8. The summed E-state index contributed by atoms with van der Waals surface area (Å²) in [5.41, 5.74) is 2.05. The number of amides is 1. The molecule has 154 valence electrons. The minimum atomic E-state index is -1.03. The number of fused-ring (bicyclic) bond motifs is 1. The molecule has 1 fully saturated rings. The Bertz CT molecular complexity index is 1080. The number of aryl methyl sites for hydroxylation is 2. The summed E-state index contributed by atoms with van der Waals surface area (Å²) < 4.78 is 3.43. The first kappa shape index (κ1) is 19.8. The molecule has 1 aliphatic heterocycles. The number of hydrogen-bond donors (Lipinski definition) is 1. The molecule has 0 aliphatic carbocycles. The Balaban J connectivity index is 1.45. The number of nitrogens with zero attached hydrogens (tertiary/aromatic N) is 8. The Morgan fingerprint density at radius 2 is 2.03 bits per heavy atom. The van der Waals surface area contributed by atoms with E-state index in [0.717, 1.165) is 17.0 Å². The quantitative estimate of drug-likeness (QED) is 0.611. The minimum absolute atomic E-state index is 0.0432. The largest absolute Gasteiger partial charge is 0.384 e. The summed E-state index contributed by atoms with van der Waals surface area (Å²) in [4.78, 5) is 23.5. The summed E-state index contributed by atoms with van der Waals surface area (Å²) in [6.07, 6.45) is 3.93. The second-order valence-electron chi connectivity index (χ2n) is 7.84. The molecular formula is C18H24N8O2S. The fourth-order valence-corrected chi connectivity index (χ4v) is 3.69. The molecular weight excluding hydrogens is 392 g/mol. The normalized spacial score (nSPS) is 15.2. The van der Waals surface area contributed by atoms with E-state index in [0.29, 0.717) is 29.7 Å². The maximum Gasteiger partial charge on any atom is 0.253 e. The second kappa shape index (κ2) is 7.06. The number of aliphatic hydroxyl groups is 1. The van der Waals surface area contributed by atoms with Crippen LogP contribution in [0.2, 0.25) is 0 Å². The van der Waals surface area contributed by atoms with Crippen LogP contribution in [-0.4, -0.2) is 69.8 Å². The fraction of sp³-hybridized carbons (Fsp3) is 0.556. The van der Waals surface area contributed by atoms with Crippen LogP contribution in [0.15, 0.2) is 11.4 Å². The predicted molar refractivity (Wildman–Crippen MR) is 107 cm³/mol. The van der Waals surface area contributed by atoms with E-state index in [1.165, 1.54) is 11.8 Å². The highest BCUT2D eigenvalue weighted by atomic mass is 32.2. The van der Waals surface area contributed by atoms with Crippen LogP contribution in [0.3, 0.4) is 0 Å². The van der Waals surface area contributed by atoms with Gasteiger partial charge in [-0.05, 0) is 34.0 Å². The van der Waals surface area contributed by atoms with Gasteiger partial charge in [-0.15, -0.1) is 10.2 Å². The lowest BCUT2D eigenvalue weighted by Gasteiger charge is -2.39. The van der Waals surface area contributed by atoms with Crippen molar-refractivity contribution in [2.75, 3.05) is 19.3 Å². The van der Waals surface area contributed by atoms with E-state index in [1.54, 1.807) is 34.1 Å². The van der Waals surface area contributed by atoms with Crippen LogP contribution in [0.5, 0.6) is 0 Å². The van der Waals surface area contributed by atoms with E-state index < -0.39 is 5.60 Å². The molecule has 1 aliphatic rings. The third-order valence-electron chi connectivity index (χ3n) is 5.27. The highest BCUT2D eigenvalue weighted by Crippen LogP contribution is 2.25. The summed E-state index contributed by atoms with van der Waals surface area (Å²) in [7, 11) is 0. The van der Waals surface area contributed by atoms with Crippen molar-refractivity contribution >= 4 is 23.4 Å². The number of carbonyl (C=O) groups is 1. The van der Waals surface area contributed by atoms with Gasteiger partial charge >= 0.3 is 0 Å². The monoisotopic (exact) mass is 416 g/mol. The minimum Gasteiger partial charge on any atom is -0.384 e. The first-order valence-corrected chi connectivity index (χ1v) is 10.6. The lowest BCUT2D eigenvalue weighted by molar-refractivity contribution is -0.136. The van der Waals surface area contributed by atoms with E-state index in [-0.39, 0.29) is 18.4 Å². The maximum atomic E-state index is 12.8. The molecule has 10 nitrogen and oxygen atoms in total. The van der Waals surface area contributed by atoms with Gasteiger partial charge in [-0.25, -0.2) is 14.2 Å². The number of aromatic nitrogens is 7. The van der Waals surface area contributed by atoms with Gasteiger partial charge in [0.15, 0.2) is 0 Å². The molecule has 0 atom stereocenters. The molecule has 11 heteroatoms. The molecule has 3 aromatic heterocycles. The van der Waals surface area contributed by atoms with Gasteiger partial charge in [-0.3, -0.25) is 4.79 Å². The van der Waals surface area contributed by atoms with E-state index >= 15 is 0 Å². The molecule has 1 saturated heterocycles. The highest BCUT2D eigenvalue weighted by Gasteiger charge is 2.34. The Morgan fingerprint density at radius 3 is 2.66 bits per heavy atom. The highest BCUT2D eigenvalue weighted by molar-refractivity contribution is 7.98. The molecule has 1 amide bonds. The zero-order valence-electron chi connectivity index (χ0n) is 17.1. The van der Waals surface area contributed by atoms with Gasteiger partial charge in [0.25, 0.3) is 5.78 Å². The molecule has 1 N–H and O–H groups in total. The molecule has 0 spiro atoms. The number of carbonyl (C=O) groups excluding carboxylic acids is 1. The third kappa shape index (κ3) is 3.60. The molecule has 4 rings (SSSR count). The molecule has 3 aromatic rings. The summed E-state index contributed by atoms with van der Waals surface area (Å²) in [5.74, 6) is 0.597. The van der Waals surface area contributed by atoms with Crippen LogP contribution in [0.1, 0.15) is 42.5 Å². The first-order chi connectivity index (χ1) is 13.7. The van der Waals surface area contributed by atoms with Gasteiger partial charge in [-0.2, -0.15) is 4.98 Å². The molecule has 0 unspecified atom stereocenters. The van der Waals surface area contributed by atoms with Crippen molar-refractivity contribution in [3.8, 4) is 0 Å². The third-order valence-corrected chi connectivity index (χ3v) is 5.80. The van der Waals surface area contributed by atoms with Crippen LogP contribution >= 0.6 is 11.8 Å². The van der Waals surface area contributed by atoms with Gasteiger partial charge in [0.1, 0.15) is 11.3 Å². The Kier molecular flexibility index (Phi) is 4.82. The smallest absolute Gasteiger partial charge is 0.253 e. The van der Waals surface area contributed by atoms with Crippen molar-refractivity contribution in [2.45, 2.75) is 50.9 Å².